The maximum atomic E-state index is 13.1. The van der Waals surface area contributed by atoms with E-state index in [-0.39, 0.29) is 11.5 Å². The fourth-order valence-electron chi connectivity index (χ4n) is 2.74. The zero-order valence-corrected chi connectivity index (χ0v) is 15.0. The van der Waals surface area contributed by atoms with Gasteiger partial charge in [-0.3, -0.25) is 14.5 Å². The number of amides is 1. The summed E-state index contributed by atoms with van der Waals surface area (Å²) < 4.78 is 16.3. The second-order valence-electron chi connectivity index (χ2n) is 6.13. The molecule has 3 aromatic heterocycles. The van der Waals surface area contributed by atoms with Gasteiger partial charge in [-0.05, 0) is 42.8 Å². The first-order chi connectivity index (χ1) is 13.6. The molecule has 9 heteroatoms. The minimum absolute atomic E-state index is 0.172. The molecule has 4 rings (SSSR count). The van der Waals surface area contributed by atoms with Crippen LogP contribution in [0.4, 0.5) is 10.2 Å². The lowest BCUT2D eigenvalue weighted by molar-refractivity contribution is 0.102. The molecule has 0 unspecified atom stereocenters. The smallest absolute Gasteiger partial charge is 0.279 e. The summed E-state index contributed by atoms with van der Waals surface area (Å²) in [7, 11) is 0. The van der Waals surface area contributed by atoms with Gasteiger partial charge >= 0.3 is 0 Å². The fraction of sp³-hybridized carbons (Fsp3) is 0.105. The lowest BCUT2D eigenvalue weighted by atomic mass is 10.3. The van der Waals surface area contributed by atoms with Crippen LogP contribution in [-0.2, 0) is 6.54 Å². The highest BCUT2D eigenvalue weighted by Gasteiger charge is 2.18. The van der Waals surface area contributed by atoms with Crippen LogP contribution in [-0.4, -0.2) is 35.7 Å². The standard InChI is InChI=1S/C19H16FN7O/c1-13-18(23-25-27(13)16-6-4-15(20)5-7-16)19(28)22-17-8-10-26(24-17)12-14-3-2-9-21-11-14/h2-11H,12H2,1H3,(H,22,24,28). The van der Waals surface area contributed by atoms with Gasteiger partial charge in [0.2, 0.25) is 0 Å². The summed E-state index contributed by atoms with van der Waals surface area (Å²) in [5.41, 5.74) is 2.33. The van der Waals surface area contributed by atoms with Crippen LogP contribution >= 0.6 is 0 Å². The zero-order valence-electron chi connectivity index (χ0n) is 15.0. The van der Waals surface area contributed by atoms with Gasteiger partial charge in [0.25, 0.3) is 5.91 Å². The summed E-state index contributed by atoms with van der Waals surface area (Å²) in [6, 6.07) is 11.3. The Hall–Kier alpha value is -3.88. The third kappa shape index (κ3) is 3.63. The topological polar surface area (TPSA) is 90.5 Å². The van der Waals surface area contributed by atoms with E-state index >= 15 is 0 Å². The van der Waals surface area contributed by atoms with Crippen LogP contribution in [0.25, 0.3) is 5.69 Å². The Bertz CT molecular complexity index is 1100. The molecule has 1 amide bonds. The summed E-state index contributed by atoms with van der Waals surface area (Å²) in [5, 5.41) is 15.0. The van der Waals surface area contributed by atoms with Crippen molar-refractivity contribution in [1.29, 1.82) is 0 Å². The molecule has 0 aliphatic rings. The number of carbonyl (C=O) groups is 1. The minimum Gasteiger partial charge on any atom is -0.304 e. The molecule has 0 aliphatic carbocycles. The molecular weight excluding hydrogens is 361 g/mol. The number of nitrogens with zero attached hydrogens (tertiary/aromatic N) is 6. The number of nitrogens with one attached hydrogen (secondary N) is 1. The van der Waals surface area contributed by atoms with Crippen LogP contribution in [0.15, 0.2) is 61.1 Å². The maximum absolute atomic E-state index is 13.1. The lowest BCUT2D eigenvalue weighted by Gasteiger charge is -2.04. The third-order valence-corrected chi connectivity index (χ3v) is 4.13. The van der Waals surface area contributed by atoms with Gasteiger partial charge in [0.15, 0.2) is 11.5 Å². The quantitative estimate of drug-likeness (QED) is 0.577. The molecule has 8 nitrogen and oxygen atoms in total. The van der Waals surface area contributed by atoms with Crippen molar-refractivity contribution in [2.45, 2.75) is 13.5 Å². The number of anilines is 1. The van der Waals surface area contributed by atoms with Gasteiger partial charge in [-0.1, -0.05) is 11.3 Å². The van der Waals surface area contributed by atoms with E-state index in [0.29, 0.717) is 23.7 Å². The maximum Gasteiger partial charge on any atom is 0.279 e. The van der Waals surface area contributed by atoms with E-state index in [1.54, 1.807) is 48.4 Å². The second kappa shape index (κ2) is 7.39. The molecule has 0 fully saturated rings. The molecule has 0 radical (unpaired) electrons. The van der Waals surface area contributed by atoms with Crippen LogP contribution in [0.1, 0.15) is 21.7 Å². The van der Waals surface area contributed by atoms with Gasteiger partial charge in [-0.2, -0.15) is 5.10 Å². The average molecular weight is 377 g/mol. The second-order valence-corrected chi connectivity index (χ2v) is 6.13. The van der Waals surface area contributed by atoms with E-state index in [1.165, 1.54) is 16.8 Å². The van der Waals surface area contributed by atoms with Crippen molar-refractivity contribution in [3.8, 4) is 5.69 Å². The molecule has 140 valence electrons. The van der Waals surface area contributed by atoms with Crippen LogP contribution < -0.4 is 5.32 Å². The number of rotatable bonds is 5. The van der Waals surface area contributed by atoms with E-state index in [9.17, 15) is 9.18 Å². The van der Waals surface area contributed by atoms with Crippen LogP contribution in [0.3, 0.4) is 0 Å². The average Bonchev–Trinajstić information content (AvgIpc) is 3.29. The van der Waals surface area contributed by atoms with Crippen molar-refractivity contribution in [1.82, 2.24) is 29.8 Å². The van der Waals surface area contributed by atoms with Crippen molar-refractivity contribution in [3.63, 3.8) is 0 Å². The first kappa shape index (κ1) is 17.5. The molecule has 1 aromatic carbocycles. The highest BCUT2D eigenvalue weighted by atomic mass is 19.1. The summed E-state index contributed by atoms with van der Waals surface area (Å²) in [6.45, 7) is 2.27. The van der Waals surface area contributed by atoms with E-state index in [2.05, 4.69) is 25.7 Å². The van der Waals surface area contributed by atoms with Crippen LogP contribution in [0.2, 0.25) is 0 Å². The van der Waals surface area contributed by atoms with Crippen LogP contribution in [0, 0.1) is 12.7 Å². The lowest BCUT2D eigenvalue weighted by Crippen LogP contribution is -2.15. The number of carbonyl (C=O) groups excluding carboxylic acids is 1. The van der Waals surface area contributed by atoms with E-state index in [1.807, 2.05) is 12.1 Å². The number of pyridine rings is 1. The van der Waals surface area contributed by atoms with Gasteiger partial charge < -0.3 is 5.32 Å². The molecular formula is C19H16FN7O. The monoisotopic (exact) mass is 377 g/mol. The number of hydrogen-bond acceptors (Lipinski definition) is 5. The first-order valence-corrected chi connectivity index (χ1v) is 8.52. The number of aromatic nitrogens is 6. The van der Waals surface area contributed by atoms with Gasteiger partial charge in [0.1, 0.15) is 5.82 Å². The Balaban J connectivity index is 1.48. The Morgan fingerprint density at radius 3 is 2.75 bits per heavy atom. The van der Waals surface area contributed by atoms with E-state index in [4.69, 9.17) is 0 Å². The van der Waals surface area contributed by atoms with Gasteiger partial charge in [0.05, 0.1) is 17.9 Å². The number of halogens is 1. The molecule has 4 aromatic rings. The van der Waals surface area contributed by atoms with Gasteiger partial charge in [-0.25, -0.2) is 9.07 Å². The van der Waals surface area contributed by atoms with E-state index in [0.717, 1.165) is 5.56 Å². The van der Waals surface area contributed by atoms with Crippen LogP contribution in [0.5, 0.6) is 0 Å². The van der Waals surface area contributed by atoms with E-state index < -0.39 is 5.91 Å². The molecule has 0 spiro atoms. The largest absolute Gasteiger partial charge is 0.304 e. The van der Waals surface area contributed by atoms with Gasteiger partial charge in [0, 0.05) is 24.7 Å². The molecule has 3 heterocycles. The van der Waals surface area contributed by atoms with Crippen molar-refractivity contribution < 1.29 is 9.18 Å². The Labute approximate surface area is 159 Å². The molecule has 0 bridgehead atoms. The summed E-state index contributed by atoms with van der Waals surface area (Å²) in [6.07, 6.45) is 5.24. The summed E-state index contributed by atoms with van der Waals surface area (Å²) in [4.78, 5) is 16.6. The predicted molar refractivity (Wildman–Crippen MR) is 99.6 cm³/mol. The zero-order chi connectivity index (χ0) is 19.5. The number of hydrogen-bond donors (Lipinski definition) is 1. The Kier molecular flexibility index (Phi) is 4.63. The molecule has 28 heavy (non-hydrogen) atoms. The summed E-state index contributed by atoms with van der Waals surface area (Å²) in [5.74, 6) is -0.358. The van der Waals surface area contributed by atoms with Crippen molar-refractivity contribution in [2.24, 2.45) is 0 Å². The highest BCUT2D eigenvalue weighted by molar-refractivity contribution is 6.03. The predicted octanol–water partition coefficient (Wildman–Crippen LogP) is 2.61. The SMILES string of the molecule is Cc1c(C(=O)Nc2ccn(Cc3cccnc3)n2)nnn1-c1ccc(F)cc1. The number of benzene rings is 1. The van der Waals surface area contributed by atoms with Crippen molar-refractivity contribution in [2.75, 3.05) is 5.32 Å². The molecule has 0 aliphatic heterocycles. The summed E-state index contributed by atoms with van der Waals surface area (Å²) >= 11 is 0. The molecule has 0 atom stereocenters. The highest BCUT2D eigenvalue weighted by Crippen LogP contribution is 2.14. The fourth-order valence-corrected chi connectivity index (χ4v) is 2.74. The van der Waals surface area contributed by atoms with Crippen molar-refractivity contribution >= 4 is 11.7 Å². The Morgan fingerprint density at radius 1 is 1.18 bits per heavy atom. The molecule has 1 N–H and O–H groups in total. The Morgan fingerprint density at radius 2 is 2.00 bits per heavy atom. The molecule has 0 saturated carbocycles. The normalized spacial score (nSPS) is 10.8. The molecule has 0 saturated heterocycles. The third-order valence-electron chi connectivity index (χ3n) is 4.13. The van der Waals surface area contributed by atoms with Crippen molar-refractivity contribution in [3.05, 3.63) is 83.8 Å². The first-order valence-electron chi connectivity index (χ1n) is 8.52. The van der Waals surface area contributed by atoms with Gasteiger partial charge in [-0.15, -0.1) is 5.10 Å². The minimum atomic E-state index is -0.419.